The molecule has 0 atom stereocenters. The molecule has 74 valence electrons. The van der Waals surface area contributed by atoms with Gasteiger partial charge in [-0.1, -0.05) is 0 Å². The zero-order valence-electron chi connectivity index (χ0n) is 6.91. The van der Waals surface area contributed by atoms with Gasteiger partial charge in [0.2, 0.25) is 0 Å². The Bertz CT molecular complexity index is 380. The predicted octanol–water partition coefficient (Wildman–Crippen LogP) is 1.15. The molecule has 0 radical (unpaired) electrons. The van der Waals surface area contributed by atoms with Gasteiger partial charge in [-0.05, 0) is 6.08 Å². The van der Waals surface area contributed by atoms with Gasteiger partial charge in [0, 0.05) is 0 Å². The standard InChI is InChI=1S/C7H6N2O5/c10-7-2-1-5(8(11)12)3-6(4-7)9(13)14/h2-4,10H,1H2. The number of hydrogen-bond acceptors (Lipinski definition) is 5. The summed E-state index contributed by atoms with van der Waals surface area (Å²) in [6, 6.07) is 0. The minimum absolute atomic E-state index is 0.132. The van der Waals surface area contributed by atoms with Gasteiger partial charge in [-0.2, -0.15) is 0 Å². The molecule has 7 nitrogen and oxygen atoms in total. The van der Waals surface area contributed by atoms with E-state index in [2.05, 4.69) is 0 Å². The number of nitro groups is 2. The topological polar surface area (TPSA) is 107 Å². The number of nitrogens with zero attached hydrogens (tertiary/aromatic N) is 2. The lowest BCUT2D eigenvalue weighted by Gasteiger charge is -1.90. The first kappa shape index (κ1) is 9.90. The van der Waals surface area contributed by atoms with Crippen molar-refractivity contribution in [2.24, 2.45) is 0 Å². The second-order valence-electron chi connectivity index (χ2n) is 2.55. The summed E-state index contributed by atoms with van der Waals surface area (Å²) >= 11 is 0. The summed E-state index contributed by atoms with van der Waals surface area (Å²) in [6.07, 6.45) is 2.72. The molecule has 7 heteroatoms. The van der Waals surface area contributed by atoms with Gasteiger partial charge in [0.25, 0.3) is 11.4 Å². The Kier molecular flexibility index (Phi) is 2.61. The maximum Gasteiger partial charge on any atom is 0.279 e. The summed E-state index contributed by atoms with van der Waals surface area (Å²) in [5.74, 6) is -0.343. The molecule has 1 aliphatic carbocycles. The van der Waals surface area contributed by atoms with Crippen LogP contribution in [0.1, 0.15) is 6.42 Å². The third-order valence-electron chi connectivity index (χ3n) is 1.58. The maximum absolute atomic E-state index is 10.4. The van der Waals surface area contributed by atoms with Gasteiger partial charge in [0.05, 0.1) is 28.4 Å². The molecule has 1 N–H and O–H groups in total. The molecule has 0 fully saturated rings. The van der Waals surface area contributed by atoms with Crippen LogP contribution < -0.4 is 0 Å². The highest BCUT2D eigenvalue weighted by molar-refractivity contribution is 5.27. The van der Waals surface area contributed by atoms with Gasteiger partial charge in [-0.25, -0.2) is 0 Å². The number of rotatable bonds is 2. The molecule has 0 aliphatic heterocycles. The van der Waals surface area contributed by atoms with Crippen LogP contribution in [-0.4, -0.2) is 15.0 Å². The summed E-state index contributed by atoms with van der Waals surface area (Å²) in [5, 5.41) is 29.7. The third kappa shape index (κ3) is 2.16. The SMILES string of the molecule is O=[N+]([O-])C1=CC(O)=CCC([N+](=O)[O-])=C1. The molecule has 0 amide bonds. The number of allylic oxidation sites excluding steroid dienone is 3. The number of aliphatic hydroxyl groups is 1. The largest absolute Gasteiger partial charge is 0.508 e. The van der Waals surface area contributed by atoms with Crippen molar-refractivity contribution in [1.29, 1.82) is 0 Å². The van der Waals surface area contributed by atoms with Crippen LogP contribution in [0.2, 0.25) is 0 Å². The van der Waals surface area contributed by atoms with Crippen LogP contribution in [0, 0.1) is 20.2 Å². The minimum Gasteiger partial charge on any atom is -0.508 e. The Hall–Kier alpha value is -2.18. The molecule has 0 bridgehead atoms. The molecule has 14 heavy (non-hydrogen) atoms. The molecule has 0 aromatic rings. The molecule has 1 rings (SSSR count). The molecular formula is C7H6N2O5. The predicted molar refractivity (Wildman–Crippen MR) is 45.5 cm³/mol. The van der Waals surface area contributed by atoms with E-state index in [4.69, 9.17) is 5.11 Å². The third-order valence-corrected chi connectivity index (χ3v) is 1.58. The van der Waals surface area contributed by atoms with E-state index >= 15 is 0 Å². The summed E-state index contributed by atoms with van der Waals surface area (Å²) in [4.78, 5) is 19.2. The van der Waals surface area contributed by atoms with Crippen LogP contribution in [0.3, 0.4) is 0 Å². The maximum atomic E-state index is 10.4. The van der Waals surface area contributed by atoms with E-state index in [9.17, 15) is 20.2 Å². The lowest BCUT2D eigenvalue weighted by molar-refractivity contribution is -0.435. The number of aliphatic hydroxyl groups excluding tert-OH is 1. The summed E-state index contributed by atoms with van der Waals surface area (Å²) < 4.78 is 0. The van der Waals surface area contributed by atoms with Crippen molar-refractivity contribution in [3.05, 3.63) is 55.6 Å². The van der Waals surface area contributed by atoms with Crippen molar-refractivity contribution >= 4 is 0 Å². The Morgan fingerprint density at radius 2 is 1.86 bits per heavy atom. The Morgan fingerprint density at radius 1 is 1.21 bits per heavy atom. The first-order valence-corrected chi connectivity index (χ1v) is 3.61. The zero-order chi connectivity index (χ0) is 10.7. The normalized spacial score (nSPS) is 16.1. The minimum atomic E-state index is -0.793. The summed E-state index contributed by atoms with van der Waals surface area (Å²) in [6.45, 7) is 0. The van der Waals surface area contributed by atoms with Gasteiger partial charge in [-0.3, -0.25) is 20.2 Å². The van der Waals surface area contributed by atoms with Gasteiger partial charge in [0.1, 0.15) is 5.76 Å². The van der Waals surface area contributed by atoms with Crippen LogP contribution in [-0.2, 0) is 0 Å². The van der Waals surface area contributed by atoms with Crippen molar-refractivity contribution in [2.45, 2.75) is 6.42 Å². The summed E-state index contributed by atoms with van der Waals surface area (Å²) in [7, 11) is 0. The van der Waals surface area contributed by atoms with Crippen LogP contribution >= 0.6 is 0 Å². The van der Waals surface area contributed by atoms with Crippen molar-refractivity contribution < 1.29 is 15.0 Å². The monoisotopic (exact) mass is 198 g/mol. The van der Waals surface area contributed by atoms with Crippen molar-refractivity contribution in [2.75, 3.05) is 0 Å². The van der Waals surface area contributed by atoms with Crippen molar-refractivity contribution in [3.8, 4) is 0 Å². The molecule has 0 unspecified atom stereocenters. The fourth-order valence-corrected chi connectivity index (χ4v) is 0.924. The number of hydrogen-bond donors (Lipinski definition) is 1. The second-order valence-corrected chi connectivity index (χ2v) is 2.55. The smallest absolute Gasteiger partial charge is 0.279 e. The summed E-state index contributed by atoms with van der Waals surface area (Å²) in [5.41, 5.74) is -0.819. The van der Waals surface area contributed by atoms with Crippen LogP contribution in [0.15, 0.2) is 35.4 Å². The van der Waals surface area contributed by atoms with Crippen LogP contribution in [0.4, 0.5) is 0 Å². The molecule has 0 spiro atoms. The van der Waals surface area contributed by atoms with Gasteiger partial charge >= 0.3 is 0 Å². The second kappa shape index (κ2) is 3.69. The van der Waals surface area contributed by atoms with E-state index in [1.807, 2.05) is 0 Å². The Labute approximate surface area is 78.0 Å². The highest BCUT2D eigenvalue weighted by Gasteiger charge is 2.19. The molecule has 1 aliphatic rings. The van der Waals surface area contributed by atoms with E-state index in [1.54, 1.807) is 0 Å². The average Bonchev–Trinajstić information content (AvgIpc) is 2.26. The van der Waals surface area contributed by atoms with Crippen molar-refractivity contribution in [3.63, 3.8) is 0 Å². The van der Waals surface area contributed by atoms with Crippen LogP contribution in [0.5, 0.6) is 0 Å². The molecule has 0 aromatic carbocycles. The molecule has 0 saturated heterocycles. The fraction of sp³-hybridized carbons (Fsp3) is 0.143. The lowest BCUT2D eigenvalue weighted by Crippen LogP contribution is -2.01. The molecule has 0 saturated carbocycles. The Balaban J connectivity index is 3.12. The quantitative estimate of drug-likeness (QED) is 0.529. The fourth-order valence-electron chi connectivity index (χ4n) is 0.924. The van der Waals surface area contributed by atoms with Crippen molar-refractivity contribution in [1.82, 2.24) is 0 Å². The van der Waals surface area contributed by atoms with Gasteiger partial charge in [-0.15, -0.1) is 0 Å². The first-order chi connectivity index (χ1) is 6.50. The Morgan fingerprint density at radius 3 is 2.36 bits per heavy atom. The van der Waals surface area contributed by atoms with E-state index in [-0.39, 0.29) is 17.9 Å². The van der Waals surface area contributed by atoms with E-state index in [0.717, 1.165) is 18.2 Å². The molecular weight excluding hydrogens is 192 g/mol. The zero-order valence-corrected chi connectivity index (χ0v) is 6.91. The average molecular weight is 198 g/mol. The molecule has 0 heterocycles. The van der Waals surface area contributed by atoms with E-state index in [1.165, 1.54) is 0 Å². The lowest BCUT2D eigenvalue weighted by atomic mass is 10.3. The van der Waals surface area contributed by atoms with Crippen LogP contribution in [0.25, 0.3) is 0 Å². The van der Waals surface area contributed by atoms with E-state index < -0.39 is 15.5 Å². The van der Waals surface area contributed by atoms with Gasteiger partial charge in [0.15, 0.2) is 0 Å². The highest BCUT2D eigenvalue weighted by Crippen LogP contribution is 2.15. The molecule has 0 aromatic heterocycles. The highest BCUT2D eigenvalue weighted by atomic mass is 16.6. The van der Waals surface area contributed by atoms with Gasteiger partial charge < -0.3 is 5.11 Å². The van der Waals surface area contributed by atoms with E-state index in [0.29, 0.717) is 0 Å². The first-order valence-electron chi connectivity index (χ1n) is 3.61.